The number of aromatic nitrogens is 1. The van der Waals surface area contributed by atoms with Crippen LogP contribution >= 0.6 is 0 Å². The van der Waals surface area contributed by atoms with E-state index in [1.165, 1.54) is 44.5 Å². The Bertz CT molecular complexity index is 361. The first kappa shape index (κ1) is 14.5. The summed E-state index contributed by atoms with van der Waals surface area (Å²) in [6.45, 7) is 12.0. The Hall–Kier alpha value is -0.870. The lowest BCUT2D eigenvalue weighted by Gasteiger charge is -2.32. The van der Waals surface area contributed by atoms with Gasteiger partial charge < -0.3 is 9.84 Å². The van der Waals surface area contributed by atoms with Gasteiger partial charge in [-0.1, -0.05) is 12.1 Å². The van der Waals surface area contributed by atoms with Crippen molar-refractivity contribution < 1.29 is 4.52 Å². The van der Waals surface area contributed by atoms with Crippen LogP contribution in [0, 0.1) is 19.8 Å². The SMILES string of the molecule is CCCNCC1CCN(Cc2c(C)noc2C)CC1. The van der Waals surface area contributed by atoms with Gasteiger partial charge in [0.25, 0.3) is 0 Å². The molecule has 4 nitrogen and oxygen atoms in total. The molecule has 0 bridgehead atoms. The predicted molar refractivity (Wildman–Crippen MR) is 77.1 cm³/mol. The van der Waals surface area contributed by atoms with Gasteiger partial charge in [-0.15, -0.1) is 0 Å². The molecule has 1 saturated heterocycles. The second kappa shape index (κ2) is 7.06. The Morgan fingerprint density at radius 1 is 1.32 bits per heavy atom. The summed E-state index contributed by atoms with van der Waals surface area (Å²) in [6.07, 6.45) is 3.84. The van der Waals surface area contributed by atoms with Gasteiger partial charge in [-0.3, -0.25) is 4.90 Å². The van der Waals surface area contributed by atoms with Crippen LogP contribution in [-0.4, -0.2) is 36.2 Å². The summed E-state index contributed by atoms with van der Waals surface area (Å²) < 4.78 is 5.24. The molecule has 1 aromatic heterocycles. The van der Waals surface area contributed by atoms with E-state index in [0.717, 1.165) is 30.5 Å². The van der Waals surface area contributed by atoms with Crippen LogP contribution in [0.4, 0.5) is 0 Å². The number of aryl methyl sites for hydroxylation is 2. The Balaban J connectivity index is 1.74. The molecule has 1 aromatic rings. The first-order valence-corrected chi connectivity index (χ1v) is 7.55. The average Bonchev–Trinajstić information content (AvgIpc) is 2.73. The molecule has 0 aromatic carbocycles. The molecule has 1 N–H and O–H groups in total. The largest absolute Gasteiger partial charge is 0.361 e. The molecule has 0 radical (unpaired) electrons. The van der Waals surface area contributed by atoms with Crippen LogP contribution in [0.1, 0.15) is 43.2 Å². The molecule has 0 unspecified atom stereocenters. The van der Waals surface area contributed by atoms with Crippen molar-refractivity contribution in [1.29, 1.82) is 0 Å². The highest BCUT2D eigenvalue weighted by Gasteiger charge is 2.21. The molecule has 2 heterocycles. The van der Waals surface area contributed by atoms with Gasteiger partial charge in [-0.05, 0) is 65.2 Å². The molecular formula is C15H27N3O. The quantitative estimate of drug-likeness (QED) is 0.802. The highest BCUT2D eigenvalue weighted by molar-refractivity contribution is 5.20. The van der Waals surface area contributed by atoms with E-state index in [1.54, 1.807) is 0 Å². The number of nitrogens with one attached hydrogen (secondary N) is 1. The van der Waals surface area contributed by atoms with E-state index < -0.39 is 0 Å². The lowest BCUT2D eigenvalue weighted by Crippen LogP contribution is -2.37. The molecule has 0 amide bonds. The maximum atomic E-state index is 5.24. The highest BCUT2D eigenvalue weighted by atomic mass is 16.5. The van der Waals surface area contributed by atoms with Crippen LogP contribution in [-0.2, 0) is 6.54 Å². The Morgan fingerprint density at radius 2 is 2.05 bits per heavy atom. The van der Waals surface area contributed by atoms with Crippen molar-refractivity contribution in [2.75, 3.05) is 26.2 Å². The topological polar surface area (TPSA) is 41.3 Å². The second-order valence-corrected chi connectivity index (χ2v) is 5.73. The Kier molecular flexibility index (Phi) is 5.40. The third-order valence-corrected chi connectivity index (χ3v) is 4.13. The number of hydrogen-bond donors (Lipinski definition) is 1. The zero-order chi connectivity index (χ0) is 13.7. The van der Waals surface area contributed by atoms with Crippen LogP contribution in [0.5, 0.6) is 0 Å². The Morgan fingerprint density at radius 3 is 2.63 bits per heavy atom. The third-order valence-electron chi connectivity index (χ3n) is 4.13. The molecule has 0 spiro atoms. The zero-order valence-electron chi connectivity index (χ0n) is 12.5. The van der Waals surface area contributed by atoms with E-state index >= 15 is 0 Å². The number of piperidine rings is 1. The van der Waals surface area contributed by atoms with E-state index in [0.29, 0.717) is 0 Å². The van der Waals surface area contributed by atoms with Gasteiger partial charge in [0, 0.05) is 12.1 Å². The minimum Gasteiger partial charge on any atom is -0.361 e. The van der Waals surface area contributed by atoms with E-state index in [4.69, 9.17) is 4.52 Å². The van der Waals surface area contributed by atoms with Gasteiger partial charge in [0.1, 0.15) is 5.76 Å². The molecule has 0 saturated carbocycles. The van der Waals surface area contributed by atoms with Gasteiger partial charge in [0.05, 0.1) is 5.69 Å². The molecule has 108 valence electrons. The fraction of sp³-hybridized carbons (Fsp3) is 0.800. The number of rotatable bonds is 6. The fourth-order valence-electron chi connectivity index (χ4n) is 2.78. The molecule has 2 rings (SSSR count). The average molecular weight is 265 g/mol. The normalized spacial score (nSPS) is 18.1. The van der Waals surface area contributed by atoms with Crippen LogP contribution < -0.4 is 5.32 Å². The lowest BCUT2D eigenvalue weighted by atomic mass is 9.96. The summed E-state index contributed by atoms with van der Waals surface area (Å²) in [4.78, 5) is 2.53. The third kappa shape index (κ3) is 4.05. The van der Waals surface area contributed by atoms with Crippen LogP contribution in [0.25, 0.3) is 0 Å². The summed E-state index contributed by atoms with van der Waals surface area (Å²) in [6, 6.07) is 0. The van der Waals surface area contributed by atoms with Gasteiger partial charge in [0.2, 0.25) is 0 Å². The molecule has 1 aliphatic rings. The summed E-state index contributed by atoms with van der Waals surface area (Å²) in [5.41, 5.74) is 2.33. The standard InChI is InChI=1S/C15H27N3O/c1-4-7-16-10-14-5-8-18(9-6-14)11-15-12(2)17-19-13(15)3/h14,16H,4-11H2,1-3H3. The van der Waals surface area contributed by atoms with Crippen molar-refractivity contribution in [2.45, 2.75) is 46.6 Å². The maximum Gasteiger partial charge on any atom is 0.138 e. The first-order chi connectivity index (χ1) is 9.20. The molecule has 1 aliphatic heterocycles. The molecular weight excluding hydrogens is 238 g/mol. The zero-order valence-corrected chi connectivity index (χ0v) is 12.5. The predicted octanol–water partition coefficient (Wildman–Crippen LogP) is 2.50. The van der Waals surface area contributed by atoms with Crippen LogP contribution in [0.3, 0.4) is 0 Å². The molecule has 0 atom stereocenters. The van der Waals surface area contributed by atoms with E-state index in [1.807, 2.05) is 13.8 Å². The number of hydrogen-bond acceptors (Lipinski definition) is 4. The minimum absolute atomic E-state index is 0.854. The molecule has 19 heavy (non-hydrogen) atoms. The minimum atomic E-state index is 0.854. The van der Waals surface area contributed by atoms with Gasteiger partial charge in [-0.2, -0.15) is 0 Å². The number of likely N-dealkylation sites (tertiary alicyclic amines) is 1. The van der Waals surface area contributed by atoms with Gasteiger partial charge in [0.15, 0.2) is 0 Å². The van der Waals surface area contributed by atoms with E-state index in [-0.39, 0.29) is 0 Å². The maximum absolute atomic E-state index is 5.24. The van der Waals surface area contributed by atoms with Crippen LogP contribution in [0.2, 0.25) is 0 Å². The van der Waals surface area contributed by atoms with E-state index in [9.17, 15) is 0 Å². The van der Waals surface area contributed by atoms with Crippen molar-refractivity contribution in [3.8, 4) is 0 Å². The lowest BCUT2D eigenvalue weighted by molar-refractivity contribution is 0.174. The number of nitrogens with zero attached hydrogens (tertiary/aromatic N) is 2. The van der Waals surface area contributed by atoms with Gasteiger partial charge in [-0.25, -0.2) is 0 Å². The summed E-state index contributed by atoms with van der Waals surface area (Å²) in [5, 5.41) is 7.57. The summed E-state index contributed by atoms with van der Waals surface area (Å²) in [5.74, 6) is 1.83. The summed E-state index contributed by atoms with van der Waals surface area (Å²) >= 11 is 0. The second-order valence-electron chi connectivity index (χ2n) is 5.73. The molecule has 0 aliphatic carbocycles. The highest BCUT2D eigenvalue weighted by Crippen LogP contribution is 2.21. The van der Waals surface area contributed by atoms with Gasteiger partial charge >= 0.3 is 0 Å². The smallest absolute Gasteiger partial charge is 0.138 e. The van der Waals surface area contributed by atoms with Crippen molar-refractivity contribution in [2.24, 2.45) is 5.92 Å². The van der Waals surface area contributed by atoms with Crippen molar-refractivity contribution in [3.63, 3.8) is 0 Å². The van der Waals surface area contributed by atoms with E-state index in [2.05, 4.69) is 22.3 Å². The summed E-state index contributed by atoms with van der Waals surface area (Å²) in [7, 11) is 0. The first-order valence-electron chi connectivity index (χ1n) is 7.55. The van der Waals surface area contributed by atoms with Crippen LogP contribution in [0.15, 0.2) is 4.52 Å². The molecule has 4 heteroatoms. The van der Waals surface area contributed by atoms with Crippen molar-refractivity contribution in [1.82, 2.24) is 15.4 Å². The monoisotopic (exact) mass is 265 g/mol. The van der Waals surface area contributed by atoms with Crippen molar-refractivity contribution in [3.05, 3.63) is 17.0 Å². The van der Waals surface area contributed by atoms with Crippen molar-refractivity contribution >= 4 is 0 Å². The Labute approximate surface area is 116 Å². The molecule has 1 fully saturated rings. The fourth-order valence-corrected chi connectivity index (χ4v) is 2.78.